The number of benzene rings is 7. The number of aromatic amines is 1. The molecule has 1 radical (unpaired) electrons. The van der Waals surface area contributed by atoms with Gasteiger partial charge in [0.1, 0.15) is 57.6 Å². The maximum atomic E-state index is 14.7. The van der Waals surface area contributed by atoms with Crippen molar-refractivity contribution in [2.75, 3.05) is 40.1 Å². The summed E-state index contributed by atoms with van der Waals surface area (Å²) in [6.07, 6.45) is 22.5. The number of oxime groups is 1. The number of aldehydes is 2. The van der Waals surface area contributed by atoms with Crippen molar-refractivity contribution in [1.82, 2.24) is 59.5 Å². The molecule has 27 nitrogen and oxygen atoms in total. The van der Waals surface area contributed by atoms with E-state index in [-0.39, 0.29) is 89.2 Å². The third-order valence-electron chi connectivity index (χ3n) is 16.5. The third kappa shape index (κ3) is 35.3. The topological polar surface area (TPSA) is 365 Å². The number of aromatic nitrogens is 12. The Morgan fingerprint density at radius 1 is 0.524 bits per heavy atom. The quantitative estimate of drug-likeness (QED) is 0.00703. The number of hydrogen-bond acceptors (Lipinski definition) is 22. The number of fused-ring (bicyclic) bond motifs is 4. The van der Waals surface area contributed by atoms with Gasteiger partial charge in [0.15, 0.2) is 66.2 Å². The van der Waals surface area contributed by atoms with E-state index in [0.29, 0.717) is 59.4 Å². The van der Waals surface area contributed by atoms with Crippen molar-refractivity contribution >= 4 is 208 Å². The molecule has 7 aromatic carbocycles. The standard InChI is InChI=1S/C16H14ClFN4O.2C12H12BrFN2O.C8H6BrF2NO.C7H3BrF2O.C7H4BrFN2.C7H4F2O.C4H2Cl2N2.C4H8O.CH4.BHNS.H4N2.H2O4S/c17-16-19-5-4-13(21-16)10-7-11-9-20-22(15(11)12(18)8-10)14-3-1-2-6-23-14;2*13-9-5-8-7-15-16(12(8)10(14)6-9)11-3-1-2-4-17-11;1-13-12-4-5-2-6(9)3-7(10)8(5)11;8-5-1-4(3-11)7(10)6(9)2-5;8-5-1-4-3-10-11-7(4)6(9)2-5;8-6-3-1-2-5(4-10)7(6)9;5-3-1-2-7-4(6)8-3;1-2-4-5-3-1;;1-2-3;1-2;1-5(2,3)4/h4-5,7-9,14H,1-3,6H2;2*5-7,11H,1-4H2;2-4H,1H3;1-3H;1-3H,(H,10,11);1-4H;1-2H;1-4H2;1H4;3H;1-2H2;(H2,1,2,3,4)/b;;;12-4+;;;;;;;;;. The van der Waals surface area contributed by atoms with E-state index >= 15 is 0 Å². The van der Waals surface area contributed by atoms with Crippen LogP contribution in [0.25, 0.3) is 54.9 Å². The molecule has 13 aromatic rings. The van der Waals surface area contributed by atoms with Crippen LogP contribution in [-0.4, -0.2) is 144 Å². The van der Waals surface area contributed by atoms with Gasteiger partial charge in [0.2, 0.25) is 10.6 Å². The second-order valence-corrected chi connectivity index (χ2v) is 31.9. The molecule has 4 aliphatic rings. The second-order valence-electron chi connectivity index (χ2n) is 25.1. The summed E-state index contributed by atoms with van der Waals surface area (Å²) >= 11 is 35.4. The zero-order chi connectivity index (χ0) is 91.9. The maximum absolute atomic E-state index is 14.7. The summed E-state index contributed by atoms with van der Waals surface area (Å²) < 4.78 is 195. The number of rotatable bonds is 8. The number of ether oxygens (including phenoxy) is 4. The first-order valence-corrected chi connectivity index (χ1v) is 43.1. The first kappa shape index (κ1) is 108. The molecule has 4 saturated heterocycles. The molecule has 6 aromatic heterocycles. The van der Waals surface area contributed by atoms with Gasteiger partial charge >= 0.3 is 35.2 Å². The molecule has 4 aliphatic heterocycles. The number of halogens is 18. The molecule has 0 bridgehead atoms. The van der Waals surface area contributed by atoms with Crippen LogP contribution in [0.15, 0.2) is 172 Å². The van der Waals surface area contributed by atoms with Crippen LogP contribution >= 0.6 is 127 Å². The molecule has 48 heteroatoms. The predicted molar refractivity (Wildman–Crippen MR) is 479 cm³/mol. The Morgan fingerprint density at radius 2 is 0.913 bits per heavy atom. The van der Waals surface area contributed by atoms with Crippen LogP contribution in [0.5, 0.6) is 0 Å². The molecule has 17 rings (SSSR count). The molecule has 7 N–H and O–H groups in total. The average Bonchev–Trinajstić information content (AvgIpc) is 1.63. The summed E-state index contributed by atoms with van der Waals surface area (Å²) in [5, 5.41) is 26.2. The Kier molecular flexibility index (Phi) is 48.4. The Bertz CT molecular complexity index is 5690. The van der Waals surface area contributed by atoms with Gasteiger partial charge in [0, 0.05) is 100 Å². The SMILES string of the molecule is C.C1CCOC1.CO/N=C/c1cc(Br)cc(F)c1F.Clc1ccnc(Cl)n1.Fc1cc(-c2ccnc(Cl)n2)cc2cnn(C3CCCCO3)c12.Fc1cc(Br)cc2cn[nH]c12.Fc1cc(Br)cc2cnn(C3CCCCO3)c12.Fc1cc(Br)cc2cnn(C3CCCCO3)c12.NN.O=Cc1cc(Br)cc(F)c1F.O=Cc1cccc(F)c1F.O=S(=O)(O)O.[B]=NS. The molecule has 3 atom stereocenters. The van der Waals surface area contributed by atoms with Crippen LogP contribution in [0.3, 0.4) is 0 Å². The van der Waals surface area contributed by atoms with Gasteiger partial charge in [-0.3, -0.25) is 35.5 Å². The molecule has 3 unspecified atom stereocenters. The van der Waals surface area contributed by atoms with Crippen molar-refractivity contribution in [2.45, 2.75) is 96.7 Å². The van der Waals surface area contributed by atoms with Crippen molar-refractivity contribution in [1.29, 1.82) is 0 Å². The molecule has 10 heterocycles. The van der Waals surface area contributed by atoms with Gasteiger partial charge in [-0.1, -0.05) is 110 Å². The fourth-order valence-electron chi connectivity index (χ4n) is 11.3. The summed E-state index contributed by atoms with van der Waals surface area (Å²) in [7, 11) is 0.992. The van der Waals surface area contributed by atoms with Gasteiger partial charge in [-0.25, -0.2) is 77.9 Å². The fraction of sp³-hybridized carbons (Fsp3) is 0.269. The first-order valence-electron chi connectivity index (χ1n) is 36.2. The Labute approximate surface area is 778 Å². The number of thiol groups is 1. The number of carbonyl (C=O) groups excluding carboxylic acids is 2. The van der Waals surface area contributed by atoms with E-state index in [1.54, 1.807) is 57.2 Å². The van der Waals surface area contributed by atoms with Crippen LogP contribution in [0.2, 0.25) is 15.7 Å². The molecule has 0 aliphatic carbocycles. The van der Waals surface area contributed by atoms with Gasteiger partial charge < -0.3 is 23.8 Å². The molecular formula is C78H76BBr5Cl3F10N16O11S2. The van der Waals surface area contributed by atoms with Crippen molar-refractivity contribution in [2.24, 2.45) is 21.1 Å². The van der Waals surface area contributed by atoms with Crippen LogP contribution < -0.4 is 11.7 Å². The molecular weight excluding hydrogens is 2110 g/mol. The van der Waals surface area contributed by atoms with Crippen molar-refractivity contribution in [3.05, 3.63) is 253 Å². The number of nitrogens with one attached hydrogen (secondary N) is 1. The average molecular weight is 2180 g/mol. The number of hydrogen-bond donors (Lipinski definition) is 6. The number of H-pyrrole nitrogens is 1. The Morgan fingerprint density at radius 3 is 1.31 bits per heavy atom. The van der Waals surface area contributed by atoms with Crippen LogP contribution in [-0.2, 0) is 34.2 Å². The van der Waals surface area contributed by atoms with Gasteiger partial charge in [-0.05, 0) is 191 Å². The van der Waals surface area contributed by atoms with E-state index in [1.165, 1.54) is 74.7 Å². The van der Waals surface area contributed by atoms with E-state index in [1.807, 2.05) is 24.3 Å². The van der Waals surface area contributed by atoms with Crippen LogP contribution in [0, 0.1) is 58.2 Å². The first-order chi connectivity index (χ1) is 59.7. The van der Waals surface area contributed by atoms with E-state index in [0.717, 1.165) is 138 Å². The normalized spacial score (nSPS) is 14.8. The van der Waals surface area contributed by atoms with Gasteiger partial charge in [-0.15, -0.1) is 0 Å². The molecule has 0 amide bonds. The Hall–Kier alpha value is -8.20. The number of nitrogens with two attached hydrogens (primary N) is 2. The van der Waals surface area contributed by atoms with E-state index < -0.39 is 45.3 Å². The Balaban J connectivity index is 0.000000253. The summed E-state index contributed by atoms with van der Waals surface area (Å²) in [5.41, 5.74) is 2.69. The number of nitrogens with zero attached hydrogens (tertiary/aromatic N) is 13. The molecule has 4 fully saturated rings. The summed E-state index contributed by atoms with van der Waals surface area (Å²) in [6.45, 7) is 4.14. The van der Waals surface area contributed by atoms with Crippen LogP contribution in [0.4, 0.5) is 43.9 Å². The van der Waals surface area contributed by atoms with E-state index in [2.05, 4.69) is 172 Å². The molecule has 675 valence electrons. The zero-order valence-corrected chi connectivity index (χ0v) is 76.7. The van der Waals surface area contributed by atoms with Gasteiger partial charge in [-0.2, -0.15) is 28.8 Å². The fourth-order valence-corrected chi connectivity index (χ4v) is 14.0. The molecule has 0 spiro atoms. The number of hydrazine groups is 1. The summed E-state index contributed by atoms with van der Waals surface area (Å²) in [6, 6.07) is 24.5. The minimum absolute atomic E-state index is 0. The molecule has 0 saturated carbocycles. The molecule has 126 heavy (non-hydrogen) atoms. The van der Waals surface area contributed by atoms with Crippen molar-refractivity contribution in [3.63, 3.8) is 0 Å². The van der Waals surface area contributed by atoms with Crippen molar-refractivity contribution < 1.29 is 94.8 Å². The van der Waals surface area contributed by atoms with E-state index in [9.17, 15) is 53.5 Å². The minimum atomic E-state index is -4.67. The second kappa shape index (κ2) is 56.3. The van der Waals surface area contributed by atoms with E-state index in [4.69, 9.17) is 71.3 Å². The van der Waals surface area contributed by atoms with Crippen molar-refractivity contribution in [3.8, 4) is 11.3 Å². The predicted octanol–water partition coefficient (Wildman–Crippen LogP) is 22.3. The number of carbonyl (C=O) groups is 2. The third-order valence-corrected chi connectivity index (χ3v) is 19.4. The van der Waals surface area contributed by atoms with Gasteiger partial charge in [0.05, 0.1) is 47.8 Å². The van der Waals surface area contributed by atoms with Crippen LogP contribution in [0.1, 0.15) is 123 Å². The van der Waals surface area contributed by atoms with Gasteiger partial charge in [0.25, 0.3) is 0 Å². The zero-order valence-electron chi connectivity index (χ0n) is 64.8. The monoisotopic (exact) mass is 2180 g/mol. The summed E-state index contributed by atoms with van der Waals surface area (Å²) in [5.74, 6) is 0.760. The summed E-state index contributed by atoms with van der Waals surface area (Å²) in [4.78, 5) is 39.6.